The van der Waals surface area contributed by atoms with Crippen molar-refractivity contribution in [2.45, 2.75) is 45.3 Å². The van der Waals surface area contributed by atoms with Crippen LogP contribution < -0.4 is 5.32 Å². The summed E-state index contributed by atoms with van der Waals surface area (Å²) in [5.74, 6) is 0.103. The number of carbonyl (C=O) groups excluding carboxylic acids is 1. The first kappa shape index (κ1) is 18.0. The fourth-order valence-electron chi connectivity index (χ4n) is 3.27. The van der Waals surface area contributed by atoms with Gasteiger partial charge in [-0.2, -0.15) is 5.10 Å². The number of likely N-dealkylation sites (tertiary alicyclic amines) is 1. The van der Waals surface area contributed by atoms with Crippen LogP contribution in [-0.4, -0.2) is 39.7 Å². The maximum atomic E-state index is 12.2. The predicted molar refractivity (Wildman–Crippen MR) is 99.5 cm³/mol. The van der Waals surface area contributed by atoms with Crippen molar-refractivity contribution in [3.05, 3.63) is 52.8 Å². The number of hydrogen-bond acceptors (Lipinski definition) is 3. The number of amides is 1. The van der Waals surface area contributed by atoms with Gasteiger partial charge in [0.1, 0.15) is 0 Å². The van der Waals surface area contributed by atoms with Gasteiger partial charge in [0.05, 0.1) is 5.69 Å². The molecule has 2 heterocycles. The van der Waals surface area contributed by atoms with E-state index in [0.29, 0.717) is 13.0 Å². The van der Waals surface area contributed by atoms with Gasteiger partial charge in [-0.25, -0.2) is 0 Å². The normalized spacial score (nSPS) is 18.2. The summed E-state index contributed by atoms with van der Waals surface area (Å²) in [5, 5.41) is 8.26. The van der Waals surface area contributed by atoms with Gasteiger partial charge in [0.15, 0.2) is 0 Å². The summed E-state index contributed by atoms with van der Waals surface area (Å²) in [5.41, 5.74) is 2.23. The van der Waals surface area contributed by atoms with E-state index >= 15 is 0 Å². The third-order valence-corrected chi connectivity index (χ3v) is 4.78. The van der Waals surface area contributed by atoms with Crippen molar-refractivity contribution >= 4 is 17.5 Å². The van der Waals surface area contributed by atoms with Crippen LogP contribution in [0, 0.1) is 6.92 Å². The summed E-state index contributed by atoms with van der Waals surface area (Å²) in [7, 11) is 0. The molecular formula is C19H25ClN4O. The number of hydrogen-bond donors (Lipinski definition) is 1. The summed E-state index contributed by atoms with van der Waals surface area (Å²) >= 11 is 5.94. The highest BCUT2D eigenvalue weighted by Gasteiger charge is 2.21. The number of rotatable bonds is 6. The molecule has 0 bridgehead atoms. The Morgan fingerprint density at radius 1 is 1.32 bits per heavy atom. The Labute approximate surface area is 154 Å². The Hall–Kier alpha value is -1.85. The minimum Gasteiger partial charge on any atom is -0.352 e. The maximum absolute atomic E-state index is 12.2. The molecule has 1 amide bonds. The molecule has 1 atom stereocenters. The zero-order valence-corrected chi connectivity index (χ0v) is 15.4. The maximum Gasteiger partial charge on any atom is 0.222 e. The van der Waals surface area contributed by atoms with Gasteiger partial charge in [0.2, 0.25) is 5.91 Å². The van der Waals surface area contributed by atoms with Crippen molar-refractivity contribution in [1.29, 1.82) is 0 Å². The van der Waals surface area contributed by atoms with Crippen molar-refractivity contribution in [2.75, 3.05) is 13.1 Å². The van der Waals surface area contributed by atoms with E-state index in [1.54, 1.807) is 0 Å². The van der Waals surface area contributed by atoms with Gasteiger partial charge in [0.25, 0.3) is 0 Å². The standard InChI is InChI=1S/C19H25ClN4O/c1-15-8-11-24(22-15)12-9-19(25)21-18-3-2-10-23(14-18)13-16-4-6-17(20)7-5-16/h4-8,11,18H,2-3,9-10,12-14H2,1H3,(H,21,25)/t18-/m0/s1. The van der Waals surface area contributed by atoms with E-state index in [4.69, 9.17) is 11.6 Å². The van der Waals surface area contributed by atoms with Crippen LogP contribution in [0.2, 0.25) is 5.02 Å². The summed E-state index contributed by atoms with van der Waals surface area (Å²) in [4.78, 5) is 14.6. The van der Waals surface area contributed by atoms with Crippen LogP contribution in [0.4, 0.5) is 0 Å². The molecule has 0 unspecified atom stereocenters. The van der Waals surface area contributed by atoms with Gasteiger partial charge in [-0.05, 0) is 50.1 Å². The molecule has 3 rings (SSSR count). The number of aromatic nitrogens is 2. The van der Waals surface area contributed by atoms with Gasteiger partial charge in [0, 0.05) is 43.3 Å². The van der Waals surface area contributed by atoms with Crippen LogP contribution in [0.25, 0.3) is 0 Å². The SMILES string of the molecule is Cc1ccn(CCC(=O)N[C@H]2CCCN(Cc3ccc(Cl)cc3)C2)n1. The minimum atomic E-state index is 0.103. The number of aryl methyl sites for hydroxylation is 2. The fraction of sp³-hybridized carbons (Fsp3) is 0.474. The highest BCUT2D eigenvalue weighted by atomic mass is 35.5. The molecule has 0 aliphatic carbocycles. The van der Waals surface area contributed by atoms with Crippen LogP contribution >= 0.6 is 11.6 Å². The average Bonchev–Trinajstić information content (AvgIpc) is 3.01. The first-order valence-corrected chi connectivity index (χ1v) is 9.22. The molecule has 0 spiro atoms. The van der Waals surface area contributed by atoms with Gasteiger partial charge in [-0.1, -0.05) is 23.7 Å². The van der Waals surface area contributed by atoms with E-state index in [2.05, 4.69) is 27.4 Å². The number of nitrogens with one attached hydrogen (secondary N) is 1. The monoisotopic (exact) mass is 360 g/mol. The Kier molecular flexibility index (Phi) is 6.10. The molecule has 0 saturated carbocycles. The van der Waals surface area contributed by atoms with E-state index in [1.165, 1.54) is 5.56 Å². The summed E-state index contributed by atoms with van der Waals surface area (Å²) in [6, 6.07) is 10.2. The van der Waals surface area contributed by atoms with Gasteiger partial charge in [-0.15, -0.1) is 0 Å². The first-order valence-electron chi connectivity index (χ1n) is 8.85. The van der Waals surface area contributed by atoms with Crippen LogP contribution in [0.1, 0.15) is 30.5 Å². The number of carbonyl (C=O) groups is 1. The van der Waals surface area contributed by atoms with E-state index in [-0.39, 0.29) is 11.9 Å². The number of halogens is 1. The lowest BCUT2D eigenvalue weighted by Crippen LogP contribution is -2.47. The number of piperidine rings is 1. The lowest BCUT2D eigenvalue weighted by Gasteiger charge is -2.33. The van der Waals surface area contributed by atoms with Gasteiger partial charge < -0.3 is 5.32 Å². The van der Waals surface area contributed by atoms with E-state index in [1.807, 2.05) is 36.0 Å². The fourth-order valence-corrected chi connectivity index (χ4v) is 3.39. The molecule has 6 heteroatoms. The lowest BCUT2D eigenvalue weighted by atomic mass is 10.0. The molecular weight excluding hydrogens is 336 g/mol. The molecule has 134 valence electrons. The highest BCUT2D eigenvalue weighted by molar-refractivity contribution is 6.30. The third kappa shape index (κ3) is 5.58. The molecule has 25 heavy (non-hydrogen) atoms. The van der Waals surface area contributed by atoms with Crippen LogP contribution in [0.5, 0.6) is 0 Å². The van der Waals surface area contributed by atoms with Crippen molar-refractivity contribution in [1.82, 2.24) is 20.0 Å². The van der Waals surface area contributed by atoms with Crippen molar-refractivity contribution < 1.29 is 4.79 Å². The topological polar surface area (TPSA) is 50.2 Å². The first-order chi connectivity index (χ1) is 12.1. The quantitative estimate of drug-likeness (QED) is 0.861. The summed E-state index contributed by atoms with van der Waals surface area (Å²) in [6.45, 7) is 5.45. The summed E-state index contributed by atoms with van der Waals surface area (Å²) in [6.07, 6.45) is 4.53. The molecule has 1 aliphatic heterocycles. The molecule has 1 aliphatic rings. The molecule has 1 fully saturated rings. The molecule has 5 nitrogen and oxygen atoms in total. The second kappa shape index (κ2) is 8.50. The molecule has 1 aromatic carbocycles. The second-order valence-corrected chi connectivity index (χ2v) is 7.17. The summed E-state index contributed by atoms with van der Waals surface area (Å²) < 4.78 is 1.82. The number of nitrogens with zero attached hydrogens (tertiary/aromatic N) is 3. The molecule has 1 aromatic heterocycles. The Balaban J connectivity index is 1.44. The second-order valence-electron chi connectivity index (χ2n) is 6.74. The third-order valence-electron chi connectivity index (χ3n) is 4.53. The zero-order chi connectivity index (χ0) is 17.6. The van der Waals surface area contributed by atoms with Crippen molar-refractivity contribution in [3.8, 4) is 0 Å². The van der Waals surface area contributed by atoms with Crippen LogP contribution in [0.3, 0.4) is 0 Å². The Morgan fingerprint density at radius 3 is 2.84 bits per heavy atom. The number of benzene rings is 1. The predicted octanol–water partition coefficient (Wildman–Crippen LogP) is 3.02. The Bertz CT molecular complexity index is 698. The molecule has 1 saturated heterocycles. The van der Waals surface area contributed by atoms with Crippen molar-refractivity contribution in [3.63, 3.8) is 0 Å². The van der Waals surface area contributed by atoms with Crippen molar-refractivity contribution in [2.24, 2.45) is 0 Å². The van der Waals surface area contributed by atoms with Crippen LogP contribution in [0.15, 0.2) is 36.5 Å². The Morgan fingerprint density at radius 2 is 2.12 bits per heavy atom. The largest absolute Gasteiger partial charge is 0.352 e. The smallest absolute Gasteiger partial charge is 0.222 e. The molecule has 0 radical (unpaired) electrons. The molecule has 1 N–H and O–H groups in total. The minimum absolute atomic E-state index is 0.103. The van der Waals surface area contributed by atoms with Gasteiger partial charge >= 0.3 is 0 Å². The van der Waals surface area contributed by atoms with E-state index < -0.39 is 0 Å². The average molecular weight is 361 g/mol. The lowest BCUT2D eigenvalue weighted by molar-refractivity contribution is -0.122. The molecule has 2 aromatic rings. The van der Waals surface area contributed by atoms with E-state index in [9.17, 15) is 4.79 Å². The van der Waals surface area contributed by atoms with E-state index in [0.717, 1.165) is 43.2 Å². The van der Waals surface area contributed by atoms with Gasteiger partial charge in [-0.3, -0.25) is 14.4 Å². The highest BCUT2D eigenvalue weighted by Crippen LogP contribution is 2.16. The zero-order valence-electron chi connectivity index (χ0n) is 14.6. The van der Waals surface area contributed by atoms with Crippen LogP contribution in [-0.2, 0) is 17.9 Å².